The quantitative estimate of drug-likeness (QED) is 0.653. The van der Waals surface area contributed by atoms with Crippen molar-refractivity contribution in [3.05, 3.63) is 23.8 Å². The molecule has 2 rings (SSSR count). The van der Waals surface area contributed by atoms with Crippen LogP contribution in [-0.4, -0.2) is 32.4 Å². The van der Waals surface area contributed by atoms with E-state index in [9.17, 15) is 4.79 Å². The van der Waals surface area contributed by atoms with Gasteiger partial charge in [0.05, 0.1) is 20.3 Å². The standard InChI is InChI=1S/C13H17NO4/c1-16-12-3-2-9(14)8-11(12)13(15)18-10-4-6-17-7-5-10/h2-3,8,10H,4-7,14H2,1H3. The molecule has 1 aliphatic rings. The van der Waals surface area contributed by atoms with Crippen LogP contribution in [0.2, 0.25) is 0 Å². The lowest BCUT2D eigenvalue weighted by molar-refractivity contribution is -0.0160. The van der Waals surface area contributed by atoms with E-state index < -0.39 is 5.97 Å². The third kappa shape index (κ3) is 2.92. The van der Waals surface area contributed by atoms with Crippen molar-refractivity contribution in [2.75, 3.05) is 26.1 Å². The Labute approximate surface area is 106 Å². The van der Waals surface area contributed by atoms with Gasteiger partial charge in [0.15, 0.2) is 0 Å². The molecule has 5 nitrogen and oxygen atoms in total. The Morgan fingerprint density at radius 3 is 2.78 bits per heavy atom. The molecule has 0 unspecified atom stereocenters. The summed E-state index contributed by atoms with van der Waals surface area (Å²) in [6.45, 7) is 1.26. The molecule has 0 radical (unpaired) electrons. The minimum absolute atomic E-state index is 0.0858. The largest absolute Gasteiger partial charge is 0.496 e. The van der Waals surface area contributed by atoms with Crippen molar-refractivity contribution >= 4 is 11.7 Å². The van der Waals surface area contributed by atoms with Crippen molar-refractivity contribution in [3.63, 3.8) is 0 Å². The van der Waals surface area contributed by atoms with Crippen LogP contribution in [0.15, 0.2) is 18.2 Å². The van der Waals surface area contributed by atoms with Crippen LogP contribution in [0.5, 0.6) is 5.75 Å². The van der Waals surface area contributed by atoms with Gasteiger partial charge in [-0.2, -0.15) is 0 Å². The van der Waals surface area contributed by atoms with Crippen LogP contribution >= 0.6 is 0 Å². The summed E-state index contributed by atoms with van der Waals surface area (Å²) in [5.74, 6) is 0.0762. The fraction of sp³-hybridized carbons (Fsp3) is 0.462. The van der Waals surface area contributed by atoms with Gasteiger partial charge in [0, 0.05) is 18.5 Å². The van der Waals surface area contributed by atoms with E-state index in [4.69, 9.17) is 19.9 Å². The smallest absolute Gasteiger partial charge is 0.342 e. The highest BCUT2D eigenvalue weighted by atomic mass is 16.6. The number of hydrogen-bond donors (Lipinski definition) is 1. The van der Waals surface area contributed by atoms with E-state index >= 15 is 0 Å². The SMILES string of the molecule is COc1ccc(N)cc1C(=O)OC1CCOCC1. The predicted molar refractivity (Wildman–Crippen MR) is 66.7 cm³/mol. The van der Waals surface area contributed by atoms with Crippen molar-refractivity contribution in [1.29, 1.82) is 0 Å². The van der Waals surface area contributed by atoms with Crippen LogP contribution in [-0.2, 0) is 9.47 Å². The number of esters is 1. The van der Waals surface area contributed by atoms with Gasteiger partial charge in [0.2, 0.25) is 0 Å². The zero-order valence-electron chi connectivity index (χ0n) is 10.3. The van der Waals surface area contributed by atoms with E-state index in [1.54, 1.807) is 18.2 Å². The van der Waals surface area contributed by atoms with Gasteiger partial charge in [-0.25, -0.2) is 4.79 Å². The number of methoxy groups -OCH3 is 1. The summed E-state index contributed by atoms with van der Waals surface area (Å²) < 4.78 is 15.8. The molecule has 1 aromatic rings. The molecular weight excluding hydrogens is 234 g/mol. The molecule has 1 saturated heterocycles. The van der Waals surface area contributed by atoms with E-state index in [2.05, 4.69) is 0 Å². The number of carbonyl (C=O) groups excluding carboxylic acids is 1. The molecule has 5 heteroatoms. The number of rotatable bonds is 3. The summed E-state index contributed by atoms with van der Waals surface area (Å²) in [7, 11) is 1.51. The lowest BCUT2D eigenvalue weighted by Gasteiger charge is -2.22. The molecule has 0 saturated carbocycles. The van der Waals surface area contributed by atoms with Gasteiger partial charge < -0.3 is 19.9 Å². The first-order valence-electron chi connectivity index (χ1n) is 5.93. The fourth-order valence-corrected chi connectivity index (χ4v) is 1.89. The number of nitrogen functional groups attached to an aromatic ring is 1. The third-order valence-electron chi connectivity index (χ3n) is 2.89. The molecule has 0 aromatic heterocycles. The van der Waals surface area contributed by atoms with Gasteiger partial charge in [0.1, 0.15) is 17.4 Å². The lowest BCUT2D eigenvalue weighted by Crippen LogP contribution is -2.26. The van der Waals surface area contributed by atoms with Gasteiger partial charge in [-0.3, -0.25) is 0 Å². The summed E-state index contributed by atoms with van der Waals surface area (Å²) in [4.78, 5) is 12.0. The maximum atomic E-state index is 12.0. The molecular formula is C13H17NO4. The molecule has 1 aromatic carbocycles. The summed E-state index contributed by atoms with van der Waals surface area (Å²) >= 11 is 0. The maximum Gasteiger partial charge on any atom is 0.342 e. The Bertz CT molecular complexity index is 427. The van der Waals surface area contributed by atoms with Gasteiger partial charge in [0.25, 0.3) is 0 Å². The van der Waals surface area contributed by atoms with E-state index in [1.165, 1.54) is 7.11 Å². The monoisotopic (exact) mass is 251 g/mol. The van der Waals surface area contributed by atoms with Gasteiger partial charge in [-0.15, -0.1) is 0 Å². The number of hydrogen-bond acceptors (Lipinski definition) is 5. The molecule has 0 amide bonds. The van der Waals surface area contributed by atoms with Gasteiger partial charge in [-0.1, -0.05) is 0 Å². The average molecular weight is 251 g/mol. The fourth-order valence-electron chi connectivity index (χ4n) is 1.89. The van der Waals surface area contributed by atoms with Crippen LogP contribution in [0, 0.1) is 0 Å². The Morgan fingerprint density at radius 1 is 1.39 bits per heavy atom. The summed E-state index contributed by atoms with van der Waals surface area (Å²) in [5, 5.41) is 0. The number of ether oxygens (including phenoxy) is 3. The van der Waals surface area contributed by atoms with Crippen LogP contribution in [0.4, 0.5) is 5.69 Å². The molecule has 18 heavy (non-hydrogen) atoms. The zero-order chi connectivity index (χ0) is 13.0. The summed E-state index contributed by atoms with van der Waals surface area (Å²) in [6.07, 6.45) is 1.38. The molecule has 98 valence electrons. The second-order valence-corrected chi connectivity index (χ2v) is 4.18. The third-order valence-corrected chi connectivity index (χ3v) is 2.89. The molecule has 2 N–H and O–H groups in total. The van der Waals surface area contributed by atoms with Crippen LogP contribution in [0.25, 0.3) is 0 Å². The minimum atomic E-state index is -0.397. The molecule has 0 bridgehead atoms. The van der Waals surface area contributed by atoms with Gasteiger partial charge >= 0.3 is 5.97 Å². The first-order chi connectivity index (χ1) is 8.70. The average Bonchev–Trinajstić information content (AvgIpc) is 2.40. The second kappa shape index (κ2) is 5.73. The van der Waals surface area contributed by atoms with E-state index in [1.807, 2.05) is 0 Å². The molecule has 1 fully saturated rings. The topological polar surface area (TPSA) is 70.8 Å². The number of benzene rings is 1. The Kier molecular flexibility index (Phi) is 4.04. The lowest BCUT2D eigenvalue weighted by atomic mass is 10.1. The van der Waals surface area contributed by atoms with E-state index in [-0.39, 0.29) is 6.10 Å². The first kappa shape index (κ1) is 12.7. The normalized spacial score (nSPS) is 16.3. The summed E-state index contributed by atoms with van der Waals surface area (Å²) in [5.41, 5.74) is 6.54. The predicted octanol–water partition coefficient (Wildman–Crippen LogP) is 1.61. The van der Waals surface area contributed by atoms with Crippen LogP contribution in [0.1, 0.15) is 23.2 Å². The molecule has 1 aliphatic heterocycles. The Hall–Kier alpha value is -1.75. The van der Waals surface area contributed by atoms with E-state index in [0.717, 1.165) is 12.8 Å². The van der Waals surface area contributed by atoms with Crippen molar-refractivity contribution in [2.24, 2.45) is 0 Å². The number of anilines is 1. The van der Waals surface area contributed by atoms with Crippen LogP contribution < -0.4 is 10.5 Å². The number of nitrogens with two attached hydrogens (primary N) is 1. The van der Waals surface area contributed by atoms with Crippen molar-refractivity contribution in [3.8, 4) is 5.75 Å². The highest BCUT2D eigenvalue weighted by Gasteiger charge is 2.21. The molecule has 0 spiro atoms. The van der Waals surface area contributed by atoms with Gasteiger partial charge in [-0.05, 0) is 18.2 Å². The van der Waals surface area contributed by atoms with E-state index in [0.29, 0.717) is 30.2 Å². The zero-order valence-corrected chi connectivity index (χ0v) is 10.3. The highest BCUT2D eigenvalue weighted by molar-refractivity contribution is 5.93. The second-order valence-electron chi connectivity index (χ2n) is 4.18. The highest BCUT2D eigenvalue weighted by Crippen LogP contribution is 2.23. The maximum absolute atomic E-state index is 12.0. The molecule has 0 atom stereocenters. The van der Waals surface area contributed by atoms with Crippen molar-refractivity contribution in [2.45, 2.75) is 18.9 Å². The first-order valence-corrected chi connectivity index (χ1v) is 5.93. The Balaban J connectivity index is 2.09. The van der Waals surface area contributed by atoms with Crippen molar-refractivity contribution in [1.82, 2.24) is 0 Å². The molecule has 0 aliphatic carbocycles. The van der Waals surface area contributed by atoms with Crippen molar-refractivity contribution < 1.29 is 19.0 Å². The minimum Gasteiger partial charge on any atom is -0.496 e. The number of carbonyl (C=O) groups is 1. The summed E-state index contributed by atoms with van der Waals surface area (Å²) in [6, 6.07) is 4.92. The molecule has 1 heterocycles. The Morgan fingerprint density at radius 2 is 2.11 bits per heavy atom. The van der Waals surface area contributed by atoms with Crippen LogP contribution in [0.3, 0.4) is 0 Å².